The number of phenols is 1. The van der Waals surface area contributed by atoms with Crippen molar-refractivity contribution in [1.82, 2.24) is 0 Å². The first kappa shape index (κ1) is 37.3. The first-order chi connectivity index (χ1) is 22.0. The van der Waals surface area contributed by atoms with Gasteiger partial charge in [-0.05, 0) is 123 Å². The maximum Gasteiger partial charge on any atom is 0.184 e. The van der Waals surface area contributed by atoms with Gasteiger partial charge < -0.3 is 14.9 Å². The van der Waals surface area contributed by atoms with Gasteiger partial charge in [0.15, 0.2) is 28.8 Å². The largest absolute Gasteiger partial charge is 0.506 e. The van der Waals surface area contributed by atoms with E-state index in [0.29, 0.717) is 19.3 Å². The number of allylic oxidation sites excluding steroid dienone is 9. The zero-order valence-electron chi connectivity index (χ0n) is 29.7. The summed E-state index contributed by atoms with van der Waals surface area (Å²) in [6.45, 7) is 17.8. The van der Waals surface area contributed by atoms with Crippen LogP contribution < -0.4 is 4.74 Å². The predicted octanol–water partition coefficient (Wildman–Crippen LogP) is 9.21. The van der Waals surface area contributed by atoms with Gasteiger partial charge in [0.25, 0.3) is 0 Å². The Morgan fingerprint density at radius 3 is 2.06 bits per heavy atom. The predicted molar refractivity (Wildman–Crippen MR) is 189 cm³/mol. The summed E-state index contributed by atoms with van der Waals surface area (Å²) in [5, 5.41) is 22.5. The molecule has 6 nitrogen and oxygen atoms in total. The lowest BCUT2D eigenvalue weighted by molar-refractivity contribution is -0.178. The summed E-state index contributed by atoms with van der Waals surface area (Å²) >= 11 is 0. The zero-order chi connectivity index (χ0) is 35.3. The summed E-state index contributed by atoms with van der Waals surface area (Å²) in [7, 11) is 0. The molecule has 0 radical (unpaired) electrons. The molecule has 2 fully saturated rings. The third-order valence-electron chi connectivity index (χ3n) is 10.1. The van der Waals surface area contributed by atoms with Crippen LogP contribution in [0.2, 0.25) is 0 Å². The zero-order valence-corrected chi connectivity index (χ0v) is 29.7. The van der Waals surface area contributed by atoms with E-state index in [0.717, 1.165) is 22.3 Å². The molecule has 3 rings (SSSR count). The normalized spacial score (nSPS) is 26.1. The van der Waals surface area contributed by atoms with Gasteiger partial charge >= 0.3 is 0 Å². The van der Waals surface area contributed by atoms with E-state index < -0.39 is 33.6 Å². The minimum Gasteiger partial charge on any atom is -0.506 e. The van der Waals surface area contributed by atoms with E-state index in [1.165, 1.54) is 18.2 Å². The first-order valence-electron chi connectivity index (χ1n) is 16.5. The topological polar surface area (TPSA) is 101 Å². The number of hydrogen-bond donors (Lipinski definition) is 2. The number of phenolic OH excluding ortho intramolecular Hbond substituents is 1. The second-order valence-electron chi connectivity index (χ2n) is 14.5. The molecule has 6 heteroatoms. The number of benzene rings is 1. The minimum absolute atomic E-state index is 0.0711. The highest BCUT2D eigenvalue weighted by molar-refractivity contribution is 6.41. The SMILES string of the molecule is C#CCOc1ccc(/C(O)=C2/C(=O)[C@]3(CC=C(C)C)C[C@H](CC=C(C)C)[C@@](C)(CCC=C(C)C)[C@](CC=C(C)C)(C2=O)C3=O)cc1O. The number of rotatable bonds is 12. The van der Waals surface area contributed by atoms with E-state index in [-0.39, 0.29) is 60.2 Å². The van der Waals surface area contributed by atoms with Crippen LogP contribution in [-0.2, 0) is 14.4 Å². The molecule has 47 heavy (non-hydrogen) atoms. The van der Waals surface area contributed by atoms with Crippen LogP contribution in [0.25, 0.3) is 5.76 Å². The van der Waals surface area contributed by atoms with Gasteiger partial charge in [-0.1, -0.05) is 59.4 Å². The monoisotopic (exact) mass is 640 g/mol. The van der Waals surface area contributed by atoms with Gasteiger partial charge in [0.05, 0.1) is 5.41 Å². The average molecular weight is 641 g/mol. The number of carbonyl (C=O) groups excluding carboxylic acids is 3. The average Bonchev–Trinajstić information content (AvgIpc) is 2.98. The van der Waals surface area contributed by atoms with Crippen LogP contribution in [0.5, 0.6) is 11.5 Å². The number of ether oxygens (including phenoxy) is 1. The maximum atomic E-state index is 15.3. The Labute approximate surface area is 281 Å². The van der Waals surface area contributed by atoms with Crippen molar-refractivity contribution in [3.05, 3.63) is 75.9 Å². The standard InChI is InChI=1S/C41H52O6/c1-11-23-47-33-17-15-30(24-32(33)42)35(43)34-36(44)40(21-18-28(6)7)25-31(16-14-27(4)5)39(10,20-12-13-26(2)3)41(37(34)45,38(40)46)22-19-29(8)9/h1,13-15,17-19,24,31,42-43H,12,16,20-23,25H2,2-10H3/b35-34+/t31-,39+,40-,41+/m0/s1. The summed E-state index contributed by atoms with van der Waals surface area (Å²) in [6, 6.07) is 4.15. The highest BCUT2D eigenvalue weighted by Gasteiger charge is 2.74. The van der Waals surface area contributed by atoms with Crippen LogP contribution >= 0.6 is 0 Å². The molecular formula is C41H52O6. The molecule has 0 aromatic heterocycles. The van der Waals surface area contributed by atoms with E-state index in [9.17, 15) is 15.0 Å². The van der Waals surface area contributed by atoms with Gasteiger partial charge in [-0.15, -0.1) is 6.42 Å². The van der Waals surface area contributed by atoms with E-state index >= 15 is 9.59 Å². The fraction of sp³-hybridized carbons (Fsp3) is 0.488. The number of hydrogen-bond acceptors (Lipinski definition) is 6. The lowest BCUT2D eigenvalue weighted by Gasteiger charge is -2.61. The summed E-state index contributed by atoms with van der Waals surface area (Å²) in [4.78, 5) is 45.4. The van der Waals surface area contributed by atoms with Crippen molar-refractivity contribution in [3.8, 4) is 23.8 Å². The van der Waals surface area contributed by atoms with Crippen molar-refractivity contribution in [2.75, 3.05) is 6.61 Å². The van der Waals surface area contributed by atoms with Crippen LogP contribution in [0, 0.1) is 34.5 Å². The molecular weight excluding hydrogens is 588 g/mol. The lowest BCUT2D eigenvalue weighted by atomic mass is 9.37. The number of fused-ring (bicyclic) bond motifs is 2. The molecule has 1 aromatic carbocycles. The molecule has 0 saturated heterocycles. The number of aromatic hydroxyl groups is 1. The van der Waals surface area contributed by atoms with Crippen molar-refractivity contribution in [2.45, 2.75) is 101 Å². The van der Waals surface area contributed by atoms with Gasteiger partial charge in [0.1, 0.15) is 23.4 Å². The molecule has 0 amide bonds. The molecule has 252 valence electrons. The summed E-state index contributed by atoms with van der Waals surface area (Å²) in [6.07, 6.45) is 15.7. The van der Waals surface area contributed by atoms with Crippen LogP contribution in [-0.4, -0.2) is 34.2 Å². The van der Waals surface area contributed by atoms with E-state index in [1.54, 1.807) is 0 Å². The van der Waals surface area contributed by atoms with Crippen molar-refractivity contribution in [1.29, 1.82) is 0 Å². The van der Waals surface area contributed by atoms with E-state index in [2.05, 4.69) is 18.1 Å². The van der Waals surface area contributed by atoms with Gasteiger partial charge in [0.2, 0.25) is 0 Å². The lowest BCUT2D eigenvalue weighted by Crippen LogP contribution is -2.70. The van der Waals surface area contributed by atoms with Crippen LogP contribution in [0.3, 0.4) is 0 Å². The molecule has 2 aliphatic rings. The Hall–Kier alpha value is -4.11. The summed E-state index contributed by atoms with van der Waals surface area (Å²) in [5.41, 5.74) is -0.131. The van der Waals surface area contributed by atoms with Gasteiger partial charge in [0, 0.05) is 5.56 Å². The third kappa shape index (κ3) is 7.10. The molecule has 2 N–H and O–H groups in total. The van der Waals surface area contributed by atoms with Crippen molar-refractivity contribution in [2.24, 2.45) is 22.2 Å². The highest BCUT2D eigenvalue weighted by atomic mass is 16.5. The smallest absolute Gasteiger partial charge is 0.184 e. The first-order valence-corrected chi connectivity index (χ1v) is 16.5. The molecule has 0 aliphatic heterocycles. The Kier molecular flexibility index (Phi) is 11.7. The second kappa shape index (κ2) is 14.8. The Balaban J connectivity index is 2.47. The summed E-state index contributed by atoms with van der Waals surface area (Å²) < 4.78 is 5.37. The quantitative estimate of drug-likeness (QED) is 0.0590. The van der Waals surface area contributed by atoms with Crippen molar-refractivity contribution < 1.29 is 29.3 Å². The number of carbonyl (C=O) groups is 3. The molecule has 0 unspecified atom stereocenters. The number of terminal acetylenes is 1. The van der Waals surface area contributed by atoms with Crippen molar-refractivity contribution in [3.63, 3.8) is 0 Å². The fourth-order valence-electron chi connectivity index (χ4n) is 7.36. The Bertz CT molecular complexity index is 1610. The van der Waals surface area contributed by atoms with Gasteiger partial charge in [-0.2, -0.15) is 0 Å². The Morgan fingerprint density at radius 1 is 0.915 bits per heavy atom. The highest BCUT2D eigenvalue weighted by Crippen LogP contribution is 2.67. The molecule has 1 aromatic rings. The fourth-order valence-corrected chi connectivity index (χ4v) is 7.36. The number of aliphatic hydroxyl groups is 1. The third-order valence-corrected chi connectivity index (χ3v) is 10.1. The number of Topliss-reactive ketones (excluding diaryl/α,β-unsaturated/α-hetero) is 3. The number of aliphatic hydroxyl groups excluding tert-OH is 1. The molecule has 2 bridgehead atoms. The van der Waals surface area contributed by atoms with Crippen LogP contribution in [0.15, 0.2) is 70.4 Å². The van der Waals surface area contributed by atoms with E-state index in [4.69, 9.17) is 11.2 Å². The summed E-state index contributed by atoms with van der Waals surface area (Å²) in [5.74, 6) is -0.229. The molecule has 4 atom stereocenters. The number of ketones is 3. The molecule has 0 spiro atoms. The molecule has 2 aliphatic carbocycles. The van der Waals surface area contributed by atoms with Gasteiger partial charge in [-0.3, -0.25) is 14.4 Å². The second-order valence-corrected chi connectivity index (χ2v) is 14.5. The minimum atomic E-state index is -1.61. The van der Waals surface area contributed by atoms with Gasteiger partial charge in [-0.25, -0.2) is 0 Å². The van der Waals surface area contributed by atoms with Crippen LogP contribution in [0.1, 0.15) is 106 Å². The maximum absolute atomic E-state index is 15.3. The molecule has 2 saturated carbocycles. The van der Waals surface area contributed by atoms with Crippen LogP contribution in [0.4, 0.5) is 0 Å². The van der Waals surface area contributed by atoms with E-state index in [1.807, 2.05) is 74.5 Å². The van der Waals surface area contributed by atoms with Crippen molar-refractivity contribution >= 4 is 23.1 Å². The Morgan fingerprint density at radius 2 is 1.51 bits per heavy atom. The molecule has 0 heterocycles.